The van der Waals surface area contributed by atoms with Crippen molar-refractivity contribution in [2.24, 2.45) is 5.92 Å². The van der Waals surface area contributed by atoms with Crippen molar-refractivity contribution in [1.29, 1.82) is 0 Å². The molecule has 0 aliphatic carbocycles. The Balaban J connectivity index is 2.22. The third kappa shape index (κ3) is 3.28. The van der Waals surface area contributed by atoms with Gasteiger partial charge in [-0.05, 0) is 12.5 Å². The molecule has 5 heteroatoms. The molecule has 0 saturated carbocycles. The standard InChI is InChI=1S/C15H21NO4/c1-2-3-4-8-12-13(10-16(18)19)11-7-5-6-9-14(11)20-15(12)17/h5-7,9,12-13,15,17H,2-4,8,10H2,1H3/t12-,13-,15?/m1/s1. The van der Waals surface area contributed by atoms with E-state index in [1.807, 2.05) is 18.2 Å². The Labute approximate surface area is 118 Å². The largest absolute Gasteiger partial charge is 0.465 e. The number of nitrogens with zero attached hydrogens (tertiary/aromatic N) is 1. The molecule has 110 valence electrons. The minimum atomic E-state index is -0.952. The molecule has 1 aromatic rings. The Morgan fingerprint density at radius 3 is 2.80 bits per heavy atom. The molecule has 0 saturated heterocycles. The Morgan fingerprint density at radius 2 is 2.10 bits per heavy atom. The van der Waals surface area contributed by atoms with E-state index in [4.69, 9.17) is 4.74 Å². The van der Waals surface area contributed by atoms with Crippen LogP contribution in [0.5, 0.6) is 5.75 Å². The number of nitro groups is 1. The molecule has 1 N–H and O–H groups in total. The maximum Gasteiger partial charge on any atom is 0.211 e. The molecule has 0 radical (unpaired) electrons. The molecule has 3 atom stereocenters. The van der Waals surface area contributed by atoms with Gasteiger partial charge in [0, 0.05) is 16.4 Å². The number of ether oxygens (including phenoxy) is 1. The van der Waals surface area contributed by atoms with Crippen molar-refractivity contribution in [2.45, 2.75) is 44.8 Å². The van der Waals surface area contributed by atoms with E-state index < -0.39 is 6.29 Å². The van der Waals surface area contributed by atoms with Gasteiger partial charge in [-0.1, -0.05) is 44.4 Å². The summed E-state index contributed by atoms with van der Waals surface area (Å²) in [5.74, 6) is 0.0854. The third-order valence-electron chi connectivity index (χ3n) is 3.94. The molecule has 0 spiro atoms. The van der Waals surface area contributed by atoms with Crippen LogP contribution in [0.25, 0.3) is 0 Å². The lowest BCUT2D eigenvalue weighted by atomic mass is 9.80. The number of aliphatic hydroxyl groups is 1. The third-order valence-corrected chi connectivity index (χ3v) is 3.94. The number of aliphatic hydroxyl groups excluding tert-OH is 1. The van der Waals surface area contributed by atoms with Crippen LogP contribution in [0.15, 0.2) is 24.3 Å². The van der Waals surface area contributed by atoms with Gasteiger partial charge in [0.15, 0.2) is 0 Å². The lowest BCUT2D eigenvalue weighted by molar-refractivity contribution is -0.486. The van der Waals surface area contributed by atoms with Crippen molar-refractivity contribution >= 4 is 0 Å². The quantitative estimate of drug-likeness (QED) is 0.493. The van der Waals surface area contributed by atoms with E-state index in [1.54, 1.807) is 6.07 Å². The summed E-state index contributed by atoms with van der Waals surface area (Å²) < 4.78 is 5.52. The molecule has 1 aliphatic heterocycles. The Hall–Kier alpha value is -1.62. The second-order valence-electron chi connectivity index (χ2n) is 5.33. The Morgan fingerprint density at radius 1 is 1.35 bits per heavy atom. The number of unbranched alkanes of at least 4 members (excludes halogenated alkanes) is 2. The van der Waals surface area contributed by atoms with E-state index in [0.717, 1.165) is 31.2 Å². The van der Waals surface area contributed by atoms with Crippen LogP contribution >= 0.6 is 0 Å². The first kappa shape index (κ1) is 14.8. The SMILES string of the molecule is CCCCC[C@H]1C(O)Oc2ccccc2[C@H]1C[N+](=O)[O-]. The average Bonchev–Trinajstić information content (AvgIpc) is 2.41. The highest BCUT2D eigenvalue weighted by Crippen LogP contribution is 2.41. The van der Waals surface area contributed by atoms with Crippen molar-refractivity contribution in [3.05, 3.63) is 39.9 Å². The van der Waals surface area contributed by atoms with Gasteiger partial charge in [0.1, 0.15) is 5.75 Å². The molecule has 1 heterocycles. The lowest BCUT2D eigenvalue weighted by Crippen LogP contribution is -2.38. The van der Waals surface area contributed by atoms with E-state index in [1.165, 1.54) is 0 Å². The lowest BCUT2D eigenvalue weighted by Gasteiger charge is -2.35. The number of rotatable bonds is 6. The van der Waals surface area contributed by atoms with E-state index in [2.05, 4.69) is 6.92 Å². The van der Waals surface area contributed by atoms with Gasteiger partial charge in [-0.15, -0.1) is 0 Å². The van der Waals surface area contributed by atoms with E-state index in [0.29, 0.717) is 5.75 Å². The predicted molar refractivity (Wildman–Crippen MR) is 75.3 cm³/mol. The average molecular weight is 279 g/mol. The van der Waals surface area contributed by atoms with Crippen LogP contribution in [-0.2, 0) is 0 Å². The molecule has 0 fully saturated rings. The molecule has 1 unspecified atom stereocenters. The first-order valence-electron chi connectivity index (χ1n) is 7.19. The topological polar surface area (TPSA) is 72.6 Å². The summed E-state index contributed by atoms with van der Waals surface area (Å²) in [5, 5.41) is 21.1. The molecular weight excluding hydrogens is 258 g/mol. The summed E-state index contributed by atoms with van der Waals surface area (Å²) in [6.45, 7) is 1.95. The molecule has 0 bridgehead atoms. The zero-order chi connectivity index (χ0) is 14.5. The first-order valence-corrected chi connectivity index (χ1v) is 7.19. The van der Waals surface area contributed by atoms with Crippen molar-refractivity contribution < 1.29 is 14.8 Å². The van der Waals surface area contributed by atoms with Crippen molar-refractivity contribution in [1.82, 2.24) is 0 Å². The van der Waals surface area contributed by atoms with Crippen LogP contribution in [0.4, 0.5) is 0 Å². The number of hydrogen-bond donors (Lipinski definition) is 1. The highest BCUT2D eigenvalue weighted by atomic mass is 16.6. The van der Waals surface area contributed by atoms with Crippen LogP contribution in [0.2, 0.25) is 0 Å². The maximum absolute atomic E-state index is 10.9. The smallest absolute Gasteiger partial charge is 0.211 e. The molecule has 0 amide bonds. The van der Waals surface area contributed by atoms with Crippen LogP contribution in [0.3, 0.4) is 0 Å². The highest BCUT2D eigenvalue weighted by Gasteiger charge is 2.39. The van der Waals surface area contributed by atoms with Gasteiger partial charge in [0.2, 0.25) is 12.8 Å². The molecule has 20 heavy (non-hydrogen) atoms. The van der Waals surface area contributed by atoms with E-state index in [9.17, 15) is 15.2 Å². The number of fused-ring (bicyclic) bond motifs is 1. The van der Waals surface area contributed by atoms with Crippen LogP contribution in [-0.4, -0.2) is 22.9 Å². The summed E-state index contributed by atoms with van der Waals surface area (Å²) >= 11 is 0. The molecule has 0 aromatic heterocycles. The second-order valence-corrected chi connectivity index (χ2v) is 5.33. The summed E-state index contributed by atoms with van der Waals surface area (Å²) in [7, 11) is 0. The second kappa shape index (κ2) is 6.70. The first-order chi connectivity index (χ1) is 9.63. The van der Waals surface area contributed by atoms with Gasteiger partial charge in [-0.3, -0.25) is 10.1 Å². The summed E-state index contributed by atoms with van der Waals surface area (Å²) in [6, 6.07) is 7.29. The Bertz CT molecular complexity index is 463. The molecule has 5 nitrogen and oxygen atoms in total. The minimum absolute atomic E-state index is 0.159. The van der Waals surface area contributed by atoms with Crippen LogP contribution < -0.4 is 4.74 Å². The monoisotopic (exact) mass is 279 g/mol. The van der Waals surface area contributed by atoms with Gasteiger partial charge >= 0.3 is 0 Å². The van der Waals surface area contributed by atoms with E-state index >= 15 is 0 Å². The normalized spacial score (nSPS) is 24.8. The van der Waals surface area contributed by atoms with Gasteiger partial charge < -0.3 is 9.84 Å². The fraction of sp³-hybridized carbons (Fsp3) is 0.600. The van der Waals surface area contributed by atoms with Crippen molar-refractivity contribution in [2.75, 3.05) is 6.54 Å². The zero-order valence-corrected chi connectivity index (χ0v) is 11.7. The molecular formula is C15H21NO4. The molecule has 2 rings (SSSR count). The van der Waals surface area contributed by atoms with Crippen molar-refractivity contribution in [3.63, 3.8) is 0 Å². The highest BCUT2D eigenvalue weighted by molar-refractivity contribution is 5.38. The number of para-hydroxylation sites is 1. The van der Waals surface area contributed by atoms with E-state index in [-0.39, 0.29) is 23.3 Å². The maximum atomic E-state index is 10.9. The minimum Gasteiger partial charge on any atom is -0.465 e. The van der Waals surface area contributed by atoms with Crippen LogP contribution in [0.1, 0.15) is 44.1 Å². The summed E-state index contributed by atoms with van der Waals surface area (Å²) in [4.78, 5) is 10.6. The summed E-state index contributed by atoms with van der Waals surface area (Å²) in [5.41, 5.74) is 0.844. The Kier molecular flexibility index (Phi) is 4.95. The van der Waals surface area contributed by atoms with Gasteiger partial charge in [-0.25, -0.2) is 0 Å². The number of hydrogen-bond acceptors (Lipinski definition) is 4. The molecule has 1 aliphatic rings. The predicted octanol–water partition coefficient (Wildman–Crippen LogP) is 2.95. The summed E-state index contributed by atoms with van der Waals surface area (Å²) in [6.07, 6.45) is 2.91. The van der Waals surface area contributed by atoms with Gasteiger partial charge in [0.25, 0.3) is 0 Å². The fourth-order valence-corrected chi connectivity index (χ4v) is 2.91. The fourth-order valence-electron chi connectivity index (χ4n) is 2.91. The van der Waals surface area contributed by atoms with Crippen LogP contribution in [0, 0.1) is 16.0 Å². The van der Waals surface area contributed by atoms with Gasteiger partial charge in [0.05, 0.1) is 5.92 Å². The van der Waals surface area contributed by atoms with Crippen molar-refractivity contribution in [3.8, 4) is 5.75 Å². The zero-order valence-electron chi connectivity index (χ0n) is 11.7. The van der Waals surface area contributed by atoms with Gasteiger partial charge in [-0.2, -0.15) is 0 Å². The molecule has 1 aromatic carbocycles. The number of benzene rings is 1.